The molecular formula is C15H17FN2O3. The van der Waals surface area contributed by atoms with E-state index >= 15 is 0 Å². The predicted molar refractivity (Wildman–Crippen MR) is 76.3 cm³/mol. The van der Waals surface area contributed by atoms with Crippen LogP contribution in [0.4, 0.5) is 4.39 Å². The highest BCUT2D eigenvalue weighted by molar-refractivity contribution is 5.75. The molecule has 5 nitrogen and oxygen atoms in total. The Morgan fingerprint density at radius 1 is 1.33 bits per heavy atom. The molecule has 1 N–H and O–H groups in total. The first kappa shape index (κ1) is 15.0. The molecule has 0 aliphatic heterocycles. The number of aromatic nitrogens is 1. The Morgan fingerprint density at radius 3 is 2.71 bits per heavy atom. The Balaban J connectivity index is 2.07. The molecule has 0 saturated heterocycles. The maximum atomic E-state index is 12.9. The lowest BCUT2D eigenvalue weighted by Crippen LogP contribution is -2.31. The summed E-state index contributed by atoms with van der Waals surface area (Å²) in [7, 11) is 0. The van der Waals surface area contributed by atoms with Gasteiger partial charge in [-0.3, -0.25) is 9.36 Å². The van der Waals surface area contributed by atoms with E-state index in [2.05, 4.69) is 5.32 Å². The normalized spacial score (nSPS) is 10.6. The summed E-state index contributed by atoms with van der Waals surface area (Å²) in [6, 6.07) is 5.59. The van der Waals surface area contributed by atoms with Crippen molar-refractivity contribution in [1.82, 2.24) is 9.88 Å². The molecule has 6 heteroatoms. The van der Waals surface area contributed by atoms with Gasteiger partial charge in [0, 0.05) is 12.1 Å². The number of nitrogens with zero attached hydrogens (tertiary/aromatic N) is 1. The van der Waals surface area contributed by atoms with Gasteiger partial charge in [0.1, 0.15) is 12.4 Å². The van der Waals surface area contributed by atoms with E-state index in [0.717, 1.165) is 12.8 Å². The van der Waals surface area contributed by atoms with Crippen molar-refractivity contribution in [1.29, 1.82) is 0 Å². The van der Waals surface area contributed by atoms with Gasteiger partial charge in [-0.1, -0.05) is 13.3 Å². The lowest BCUT2D eigenvalue weighted by atomic mass is 10.2. The zero-order valence-electron chi connectivity index (χ0n) is 11.8. The molecule has 112 valence electrons. The van der Waals surface area contributed by atoms with Crippen LogP contribution in [0.2, 0.25) is 0 Å². The predicted octanol–water partition coefficient (Wildman–Crippen LogP) is 2.16. The minimum atomic E-state index is -0.611. The second-order valence-corrected chi connectivity index (χ2v) is 4.70. The fraction of sp³-hybridized carbons (Fsp3) is 0.333. The molecule has 0 aliphatic rings. The third-order valence-corrected chi connectivity index (χ3v) is 3.00. The number of amides is 1. The van der Waals surface area contributed by atoms with Crippen LogP contribution in [0.25, 0.3) is 11.3 Å². The molecule has 1 aromatic carbocycles. The summed E-state index contributed by atoms with van der Waals surface area (Å²) in [6.45, 7) is 2.53. The van der Waals surface area contributed by atoms with E-state index in [1.807, 2.05) is 6.92 Å². The molecule has 0 unspecified atom stereocenters. The molecule has 0 atom stereocenters. The van der Waals surface area contributed by atoms with Crippen LogP contribution in [0.15, 0.2) is 39.7 Å². The molecule has 0 radical (unpaired) electrons. The van der Waals surface area contributed by atoms with E-state index < -0.39 is 5.76 Å². The zero-order valence-corrected chi connectivity index (χ0v) is 11.8. The summed E-state index contributed by atoms with van der Waals surface area (Å²) in [5.41, 5.74) is 0.582. The van der Waals surface area contributed by atoms with Gasteiger partial charge in [-0.25, -0.2) is 9.18 Å². The smallest absolute Gasteiger partial charge is 0.408 e. The molecule has 0 saturated carbocycles. The van der Waals surface area contributed by atoms with E-state index in [0.29, 0.717) is 17.9 Å². The van der Waals surface area contributed by atoms with E-state index in [9.17, 15) is 14.0 Å². The van der Waals surface area contributed by atoms with Crippen molar-refractivity contribution in [3.8, 4) is 11.3 Å². The molecule has 21 heavy (non-hydrogen) atoms. The minimum Gasteiger partial charge on any atom is -0.408 e. The quantitative estimate of drug-likeness (QED) is 0.830. The maximum Gasteiger partial charge on any atom is 0.419 e. The number of hydrogen-bond donors (Lipinski definition) is 1. The number of carbonyl (C=O) groups excluding carboxylic acids is 1. The lowest BCUT2D eigenvalue weighted by molar-refractivity contribution is -0.121. The van der Waals surface area contributed by atoms with Crippen molar-refractivity contribution < 1.29 is 13.6 Å². The van der Waals surface area contributed by atoms with E-state index in [1.54, 1.807) is 0 Å². The van der Waals surface area contributed by atoms with Crippen LogP contribution in [-0.4, -0.2) is 17.0 Å². The van der Waals surface area contributed by atoms with Crippen LogP contribution in [0.3, 0.4) is 0 Å². The van der Waals surface area contributed by atoms with Crippen LogP contribution < -0.4 is 11.1 Å². The Hall–Kier alpha value is -2.37. The third-order valence-electron chi connectivity index (χ3n) is 3.00. The van der Waals surface area contributed by atoms with Crippen LogP contribution in [0.1, 0.15) is 19.8 Å². The molecular weight excluding hydrogens is 275 g/mol. The van der Waals surface area contributed by atoms with Crippen LogP contribution >= 0.6 is 0 Å². The highest BCUT2D eigenvalue weighted by atomic mass is 19.1. The number of halogens is 1. The van der Waals surface area contributed by atoms with Gasteiger partial charge in [0.2, 0.25) is 5.91 Å². The summed E-state index contributed by atoms with van der Waals surface area (Å²) < 4.78 is 19.1. The fourth-order valence-electron chi connectivity index (χ4n) is 1.85. The SMILES string of the molecule is CCCCNC(=O)Cn1cc(-c2ccc(F)cc2)oc1=O. The topological polar surface area (TPSA) is 64.2 Å². The fourth-order valence-corrected chi connectivity index (χ4v) is 1.85. The minimum absolute atomic E-state index is 0.0900. The van der Waals surface area contributed by atoms with E-state index in [4.69, 9.17) is 4.42 Å². The second kappa shape index (κ2) is 6.88. The van der Waals surface area contributed by atoms with E-state index in [1.165, 1.54) is 35.0 Å². The highest BCUT2D eigenvalue weighted by Crippen LogP contribution is 2.18. The van der Waals surface area contributed by atoms with Crippen molar-refractivity contribution in [3.63, 3.8) is 0 Å². The molecule has 1 aromatic heterocycles. The third kappa shape index (κ3) is 4.05. The van der Waals surface area contributed by atoms with Crippen LogP contribution in [0.5, 0.6) is 0 Å². The largest absolute Gasteiger partial charge is 0.419 e. The number of rotatable bonds is 6. The molecule has 0 bridgehead atoms. The van der Waals surface area contributed by atoms with Gasteiger partial charge in [-0.05, 0) is 30.7 Å². The number of unbranched alkanes of at least 4 members (excludes halogenated alkanes) is 1. The Morgan fingerprint density at radius 2 is 2.05 bits per heavy atom. The summed E-state index contributed by atoms with van der Waals surface area (Å²) in [5, 5.41) is 2.73. The molecule has 1 amide bonds. The van der Waals surface area contributed by atoms with Crippen molar-refractivity contribution in [2.45, 2.75) is 26.3 Å². The van der Waals surface area contributed by atoms with Crippen molar-refractivity contribution in [2.75, 3.05) is 6.54 Å². The van der Waals surface area contributed by atoms with Crippen LogP contribution in [0, 0.1) is 5.82 Å². The van der Waals surface area contributed by atoms with Crippen molar-refractivity contribution >= 4 is 5.91 Å². The zero-order chi connectivity index (χ0) is 15.2. The molecule has 2 rings (SSSR count). The lowest BCUT2D eigenvalue weighted by Gasteiger charge is -2.03. The van der Waals surface area contributed by atoms with Gasteiger partial charge >= 0.3 is 5.76 Å². The number of carbonyl (C=O) groups is 1. The second-order valence-electron chi connectivity index (χ2n) is 4.70. The first-order chi connectivity index (χ1) is 10.1. The number of oxazole rings is 1. The average molecular weight is 292 g/mol. The number of nitrogens with one attached hydrogen (secondary N) is 1. The van der Waals surface area contributed by atoms with Gasteiger partial charge in [0.05, 0.1) is 6.20 Å². The van der Waals surface area contributed by atoms with E-state index in [-0.39, 0.29) is 18.3 Å². The molecule has 1 heterocycles. The summed E-state index contributed by atoms with van der Waals surface area (Å²) >= 11 is 0. The molecule has 0 spiro atoms. The van der Waals surface area contributed by atoms with Gasteiger partial charge in [-0.15, -0.1) is 0 Å². The van der Waals surface area contributed by atoms with Crippen molar-refractivity contribution in [2.24, 2.45) is 0 Å². The molecule has 0 aliphatic carbocycles. The van der Waals surface area contributed by atoms with Gasteiger partial charge < -0.3 is 9.73 Å². The van der Waals surface area contributed by atoms with Gasteiger partial charge in [0.15, 0.2) is 5.76 Å². The molecule has 0 fully saturated rings. The highest BCUT2D eigenvalue weighted by Gasteiger charge is 2.11. The maximum absolute atomic E-state index is 12.9. The van der Waals surface area contributed by atoms with Crippen LogP contribution in [-0.2, 0) is 11.3 Å². The standard InChI is InChI=1S/C15H17FN2O3/c1-2-3-8-17-14(19)10-18-9-13(21-15(18)20)11-4-6-12(16)7-5-11/h4-7,9H,2-3,8,10H2,1H3,(H,17,19). The van der Waals surface area contributed by atoms with Gasteiger partial charge in [0.25, 0.3) is 0 Å². The van der Waals surface area contributed by atoms with Gasteiger partial charge in [-0.2, -0.15) is 0 Å². The summed E-state index contributed by atoms with van der Waals surface area (Å²) in [6.07, 6.45) is 3.34. The Kier molecular flexibility index (Phi) is 4.92. The summed E-state index contributed by atoms with van der Waals surface area (Å²) in [5.74, 6) is -0.908. The first-order valence-corrected chi connectivity index (χ1v) is 6.83. The molecule has 2 aromatic rings. The first-order valence-electron chi connectivity index (χ1n) is 6.83. The average Bonchev–Trinajstić information content (AvgIpc) is 2.81. The number of hydrogen-bond acceptors (Lipinski definition) is 3. The Bertz CT molecular complexity index is 658. The Labute approximate surface area is 121 Å². The number of benzene rings is 1. The monoisotopic (exact) mass is 292 g/mol. The summed E-state index contributed by atoms with van der Waals surface area (Å²) in [4.78, 5) is 23.4. The van der Waals surface area contributed by atoms with Crippen molar-refractivity contribution in [3.05, 3.63) is 46.8 Å².